The lowest BCUT2D eigenvalue weighted by molar-refractivity contribution is -0.146. The van der Waals surface area contributed by atoms with Crippen LogP contribution in [-0.2, 0) is 20.5 Å². The van der Waals surface area contributed by atoms with Gasteiger partial charge in [-0.3, -0.25) is 14.5 Å². The third-order valence-corrected chi connectivity index (χ3v) is 10.7. The lowest BCUT2D eigenvalue weighted by Gasteiger charge is -2.38. The number of ether oxygens (including phenoxy) is 1. The van der Waals surface area contributed by atoms with Crippen molar-refractivity contribution < 1.29 is 32.3 Å². The Kier molecular flexibility index (Phi) is 12.3. The molecule has 4 aromatic rings. The van der Waals surface area contributed by atoms with E-state index in [0.717, 1.165) is 61.8 Å². The van der Waals surface area contributed by atoms with Crippen molar-refractivity contribution in [2.75, 3.05) is 25.5 Å². The Hall–Kier alpha value is -4.96. The molecular weight excluding hydrogens is 679 g/mol. The number of carbonyl (C=O) groups is 3. The smallest absolute Gasteiger partial charge is 0.416 e. The number of carbonyl (C=O) groups excluding carboxylic acids is 3. The molecule has 1 saturated carbocycles. The fraction of sp³-hybridized carbons (Fsp3) is 0.372. The van der Waals surface area contributed by atoms with Gasteiger partial charge in [-0.1, -0.05) is 105 Å². The van der Waals surface area contributed by atoms with Crippen molar-refractivity contribution in [2.24, 2.45) is 5.92 Å². The highest BCUT2D eigenvalue weighted by Gasteiger charge is 2.35. The van der Waals surface area contributed by atoms with Crippen molar-refractivity contribution in [2.45, 2.75) is 75.5 Å². The summed E-state index contributed by atoms with van der Waals surface area (Å²) >= 11 is 0. The molecule has 2 N–H and O–H groups in total. The second-order valence-corrected chi connectivity index (χ2v) is 14.1. The zero-order chi connectivity index (χ0) is 37.4. The Bertz CT molecular complexity index is 1830. The summed E-state index contributed by atoms with van der Waals surface area (Å²) < 4.78 is 44.4. The number of nitrogens with one attached hydrogen (secondary N) is 2. The van der Waals surface area contributed by atoms with Crippen molar-refractivity contribution in [1.29, 1.82) is 0 Å². The summed E-state index contributed by atoms with van der Waals surface area (Å²) in [5.41, 5.74) is 3.27. The number of halogens is 3. The lowest BCUT2D eigenvalue weighted by Crippen LogP contribution is -2.49. The number of alkyl halides is 3. The SMILES string of the molecule is COC(=O)C(CC1CCCCC1)NC(=O)C(c1ccccc1)N1CCC(c2ccc(NC(=O)c3ccccc3-c3ccc(C(F)(F)F)cc3)cc2)CC1. The van der Waals surface area contributed by atoms with Gasteiger partial charge < -0.3 is 15.4 Å². The first-order valence-electron chi connectivity index (χ1n) is 18.5. The van der Waals surface area contributed by atoms with Crippen molar-refractivity contribution in [3.05, 3.63) is 125 Å². The third kappa shape index (κ3) is 9.53. The quantitative estimate of drug-likeness (QED) is 0.151. The summed E-state index contributed by atoms with van der Waals surface area (Å²) in [5.74, 6) is -0.314. The molecule has 0 aromatic heterocycles. The van der Waals surface area contributed by atoms with Gasteiger partial charge in [-0.2, -0.15) is 13.2 Å². The van der Waals surface area contributed by atoms with E-state index in [1.54, 1.807) is 24.3 Å². The first kappa shape index (κ1) is 37.8. The Balaban J connectivity index is 1.09. The lowest BCUT2D eigenvalue weighted by atomic mass is 9.84. The van der Waals surface area contributed by atoms with Gasteiger partial charge in [-0.05, 0) is 96.8 Å². The van der Waals surface area contributed by atoms with E-state index in [-0.39, 0.29) is 17.7 Å². The number of amides is 2. The van der Waals surface area contributed by atoms with E-state index in [4.69, 9.17) is 4.74 Å². The van der Waals surface area contributed by atoms with Gasteiger partial charge >= 0.3 is 12.1 Å². The Morgan fingerprint density at radius 3 is 2.08 bits per heavy atom. The van der Waals surface area contributed by atoms with Crippen molar-refractivity contribution in [3.8, 4) is 11.1 Å². The van der Waals surface area contributed by atoms with Crippen LogP contribution in [0.4, 0.5) is 18.9 Å². The third-order valence-electron chi connectivity index (χ3n) is 10.7. The van der Waals surface area contributed by atoms with Gasteiger partial charge in [0.05, 0.1) is 12.7 Å². The molecule has 0 radical (unpaired) electrons. The first-order chi connectivity index (χ1) is 25.6. The maximum atomic E-state index is 14.0. The summed E-state index contributed by atoms with van der Waals surface area (Å²) in [6, 6.07) is 27.8. The molecule has 278 valence electrons. The molecule has 0 spiro atoms. The van der Waals surface area contributed by atoms with Crippen LogP contribution in [0.1, 0.15) is 90.4 Å². The molecule has 2 aliphatic rings. The number of benzene rings is 4. The Morgan fingerprint density at radius 1 is 0.792 bits per heavy atom. The summed E-state index contributed by atoms with van der Waals surface area (Å²) in [5, 5.41) is 6.01. The van der Waals surface area contributed by atoms with Crippen LogP contribution in [0.15, 0.2) is 103 Å². The van der Waals surface area contributed by atoms with Crippen LogP contribution in [0.2, 0.25) is 0 Å². The molecule has 1 aliphatic heterocycles. The van der Waals surface area contributed by atoms with Gasteiger partial charge in [0.25, 0.3) is 5.91 Å². The van der Waals surface area contributed by atoms with E-state index in [2.05, 4.69) is 15.5 Å². The number of hydrogen-bond donors (Lipinski definition) is 2. The predicted molar refractivity (Wildman–Crippen MR) is 199 cm³/mol. The van der Waals surface area contributed by atoms with Crippen molar-refractivity contribution in [3.63, 3.8) is 0 Å². The largest absolute Gasteiger partial charge is 0.467 e. The summed E-state index contributed by atoms with van der Waals surface area (Å²) in [4.78, 5) is 42.4. The predicted octanol–water partition coefficient (Wildman–Crippen LogP) is 9.17. The average molecular weight is 726 g/mol. The monoisotopic (exact) mass is 725 g/mol. The molecule has 0 bridgehead atoms. The number of hydrogen-bond acceptors (Lipinski definition) is 5. The zero-order valence-corrected chi connectivity index (χ0v) is 29.9. The van der Waals surface area contributed by atoms with E-state index in [0.29, 0.717) is 47.8 Å². The number of likely N-dealkylation sites (tertiary alicyclic amines) is 1. The normalized spacial score (nSPS) is 17.1. The van der Waals surface area contributed by atoms with Gasteiger partial charge in [-0.25, -0.2) is 4.79 Å². The number of piperidine rings is 1. The van der Waals surface area contributed by atoms with Crippen LogP contribution < -0.4 is 10.6 Å². The topological polar surface area (TPSA) is 87.7 Å². The van der Waals surface area contributed by atoms with Gasteiger partial charge in [0.1, 0.15) is 12.1 Å². The summed E-state index contributed by atoms with van der Waals surface area (Å²) in [7, 11) is 1.37. The first-order valence-corrected chi connectivity index (χ1v) is 18.5. The van der Waals surface area contributed by atoms with E-state index in [1.807, 2.05) is 54.6 Å². The van der Waals surface area contributed by atoms with Crippen LogP contribution >= 0.6 is 0 Å². The second-order valence-electron chi connectivity index (χ2n) is 14.1. The molecule has 2 unspecified atom stereocenters. The standard InChI is InChI=1S/C43H46F3N3O4/c1-53-42(52)38(28-29-10-4-2-5-11-29)48-41(51)39(33-12-6-3-7-13-33)49-26-24-31(25-27-49)30-18-22-35(23-19-30)47-40(50)37-15-9-8-14-36(37)32-16-20-34(21-17-32)43(44,45)46/h3,6-9,12-23,29,31,38-39H,2,4-5,10-11,24-28H2,1H3,(H,47,50)(H,48,51). The molecular formula is C43H46F3N3O4. The number of methoxy groups -OCH3 is 1. The number of nitrogens with zero attached hydrogens (tertiary/aromatic N) is 1. The van der Waals surface area contributed by atoms with Crippen LogP contribution in [-0.4, -0.2) is 48.9 Å². The van der Waals surface area contributed by atoms with E-state index >= 15 is 0 Å². The molecule has 1 saturated heterocycles. The number of rotatable bonds is 11. The van der Waals surface area contributed by atoms with Gasteiger partial charge in [0.15, 0.2) is 0 Å². The Morgan fingerprint density at radius 2 is 1.43 bits per heavy atom. The molecule has 4 aromatic carbocycles. The highest BCUT2D eigenvalue weighted by atomic mass is 19.4. The fourth-order valence-corrected chi connectivity index (χ4v) is 7.83. The van der Waals surface area contributed by atoms with Gasteiger partial charge in [0.2, 0.25) is 5.91 Å². The minimum absolute atomic E-state index is 0.194. The molecule has 2 amide bonds. The maximum absolute atomic E-state index is 14.0. The minimum atomic E-state index is -4.44. The van der Waals surface area contributed by atoms with Crippen LogP contribution in [0.25, 0.3) is 11.1 Å². The molecule has 2 fully saturated rings. The van der Waals surface area contributed by atoms with Crippen LogP contribution in [0.5, 0.6) is 0 Å². The second kappa shape index (κ2) is 17.2. The zero-order valence-electron chi connectivity index (χ0n) is 29.9. The van der Waals surface area contributed by atoms with Crippen LogP contribution in [0.3, 0.4) is 0 Å². The molecule has 10 heteroatoms. The average Bonchev–Trinajstić information content (AvgIpc) is 3.18. The van der Waals surface area contributed by atoms with E-state index in [1.165, 1.54) is 25.7 Å². The van der Waals surface area contributed by atoms with E-state index < -0.39 is 29.8 Å². The van der Waals surface area contributed by atoms with Crippen molar-refractivity contribution >= 4 is 23.5 Å². The maximum Gasteiger partial charge on any atom is 0.416 e. The highest BCUT2D eigenvalue weighted by Crippen LogP contribution is 2.35. The Labute approximate surface area is 308 Å². The van der Waals surface area contributed by atoms with Crippen molar-refractivity contribution in [1.82, 2.24) is 10.2 Å². The molecule has 1 heterocycles. The van der Waals surface area contributed by atoms with Gasteiger partial charge in [0, 0.05) is 11.3 Å². The molecule has 53 heavy (non-hydrogen) atoms. The van der Waals surface area contributed by atoms with Crippen LogP contribution in [0, 0.1) is 5.92 Å². The summed E-state index contributed by atoms with van der Waals surface area (Å²) in [6.07, 6.45) is 3.43. The summed E-state index contributed by atoms with van der Waals surface area (Å²) in [6.45, 7) is 1.37. The minimum Gasteiger partial charge on any atom is -0.467 e. The van der Waals surface area contributed by atoms with Gasteiger partial charge in [-0.15, -0.1) is 0 Å². The molecule has 2 atom stereocenters. The number of anilines is 1. The van der Waals surface area contributed by atoms with E-state index in [9.17, 15) is 27.6 Å². The molecule has 6 rings (SSSR count). The fourth-order valence-electron chi connectivity index (χ4n) is 7.83. The molecule has 1 aliphatic carbocycles. The number of esters is 1. The molecule has 7 nitrogen and oxygen atoms in total. The highest BCUT2D eigenvalue weighted by molar-refractivity contribution is 6.08.